The zero-order chi connectivity index (χ0) is 36.6. The lowest BCUT2D eigenvalue weighted by Crippen LogP contribution is -2.44. The monoisotopic (exact) mass is 699 g/mol. The molecule has 2 aliphatic heterocycles. The molecule has 0 radical (unpaired) electrons. The molecule has 2 saturated heterocycles. The van der Waals surface area contributed by atoms with Crippen LogP contribution in [0, 0.1) is 24.1 Å². The molecule has 1 amide bonds. The van der Waals surface area contributed by atoms with Crippen molar-refractivity contribution in [1.82, 2.24) is 19.8 Å². The number of anilines is 1. The second kappa shape index (κ2) is 14.6. The summed E-state index contributed by atoms with van der Waals surface area (Å²) in [6.45, 7) is 11.0. The molecule has 1 aromatic heterocycles. The van der Waals surface area contributed by atoms with Crippen LogP contribution in [-0.4, -0.2) is 89.7 Å². The smallest absolute Gasteiger partial charge is 0.318 e. The Balaban J connectivity index is 1.39. The highest BCUT2D eigenvalue weighted by Gasteiger charge is 2.41. The van der Waals surface area contributed by atoms with Crippen molar-refractivity contribution in [1.29, 1.82) is 0 Å². The largest absolute Gasteiger partial charge is 0.461 e. The molecular weight excluding hydrogens is 652 g/mol. The Kier molecular flexibility index (Phi) is 10.4. The predicted octanol–water partition coefficient (Wildman–Crippen LogP) is 6.01. The van der Waals surface area contributed by atoms with Crippen LogP contribution in [0.15, 0.2) is 36.9 Å². The van der Waals surface area contributed by atoms with E-state index >= 15 is 4.39 Å². The van der Waals surface area contributed by atoms with E-state index in [9.17, 15) is 14.0 Å². The van der Waals surface area contributed by atoms with Crippen LogP contribution in [0.25, 0.3) is 10.8 Å². The Morgan fingerprint density at radius 1 is 1.25 bits per heavy atom. The van der Waals surface area contributed by atoms with Crippen molar-refractivity contribution in [3.8, 4) is 24.1 Å². The highest BCUT2D eigenvalue weighted by atomic mass is 19.1. The molecule has 0 saturated carbocycles. The van der Waals surface area contributed by atoms with Gasteiger partial charge in [0.15, 0.2) is 0 Å². The predicted molar refractivity (Wildman–Crippen MR) is 193 cm³/mol. The van der Waals surface area contributed by atoms with Crippen LogP contribution in [0.2, 0.25) is 0 Å². The third-order valence-electron chi connectivity index (χ3n) is 10.8. The molecule has 3 heterocycles. The Hall–Kier alpha value is -4.56. The number of carbonyl (C=O) groups is 2. The van der Waals surface area contributed by atoms with Crippen LogP contribution in [0.5, 0.6) is 11.8 Å². The van der Waals surface area contributed by atoms with Gasteiger partial charge in [-0.25, -0.2) is 8.78 Å². The summed E-state index contributed by atoms with van der Waals surface area (Å²) in [6, 6.07) is 6.72. The minimum absolute atomic E-state index is 0.000839. The van der Waals surface area contributed by atoms with E-state index in [1.54, 1.807) is 32.0 Å². The van der Waals surface area contributed by atoms with Gasteiger partial charge in [0.05, 0.1) is 22.7 Å². The number of alkyl halides is 1. The van der Waals surface area contributed by atoms with Gasteiger partial charge >= 0.3 is 12.0 Å². The van der Waals surface area contributed by atoms with Gasteiger partial charge in [-0.15, -0.1) is 6.42 Å². The van der Waals surface area contributed by atoms with Gasteiger partial charge in [0, 0.05) is 50.1 Å². The number of terminal acetylenes is 1. The molecule has 3 aliphatic rings. The van der Waals surface area contributed by atoms with Gasteiger partial charge in [-0.1, -0.05) is 32.4 Å². The van der Waals surface area contributed by atoms with Crippen molar-refractivity contribution in [3.63, 3.8) is 0 Å². The van der Waals surface area contributed by atoms with E-state index in [2.05, 4.69) is 17.4 Å². The topological polar surface area (TPSA) is 88.1 Å². The number of rotatable bonds is 10. The summed E-state index contributed by atoms with van der Waals surface area (Å²) in [4.78, 5) is 41.0. The van der Waals surface area contributed by atoms with Gasteiger partial charge in [-0.05, 0) is 87.2 Å². The van der Waals surface area contributed by atoms with Gasteiger partial charge < -0.3 is 19.3 Å². The minimum atomic E-state index is -0.939. The number of amides is 1. The van der Waals surface area contributed by atoms with E-state index in [-0.39, 0.29) is 47.9 Å². The highest BCUT2D eigenvalue weighted by Crippen LogP contribution is 2.42. The molecule has 11 heteroatoms. The highest BCUT2D eigenvalue weighted by molar-refractivity contribution is 5.93. The maximum absolute atomic E-state index is 15.2. The second-order valence-electron chi connectivity index (χ2n) is 14.8. The Morgan fingerprint density at radius 2 is 2.04 bits per heavy atom. The van der Waals surface area contributed by atoms with Crippen molar-refractivity contribution >= 4 is 28.5 Å². The molecule has 0 N–H and O–H groups in total. The first-order valence-corrected chi connectivity index (χ1v) is 17.8. The van der Waals surface area contributed by atoms with Crippen LogP contribution in [-0.2, 0) is 22.4 Å². The number of aromatic nitrogens is 2. The second-order valence-corrected chi connectivity index (χ2v) is 14.8. The first-order chi connectivity index (χ1) is 24.3. The number of benzene rings is 2. The van der Waals surface area contributed by atoms with Crippen molar-refractivity contribution in [3.05, 3.63) is 65.1 Å². The fourth-order valence-electron chi connectivity index (χ4n) is 7.86. The fourth-order valence-corrected chi connectivity index (χ4v) is 7.86. The van der Waals surface area contributed by atoms with Crippen molar-refractivity contribution < 1.29 is 27.8 Å². The summed E-state index contributed by atoms with van der Waals surface area (Å²) in [5.41, 5.74) is 2.19. The van der Waals surface area contributed by atoms with E-state index in [1.807, 2.05) is 30.8 Å². The molecule has 0 spiro atoms. The van der Waals surface area contributed by atoms with Gasteiger partial charge in [-0.2, -0.15) is 9.97 Å². The van der Waals surface area contributed by atoms with Crippen LogP contribution in [0.1, 0.15) is 74.8 Å². The summed E-state index contributed by atoms with van der Waals surface area (Å²) in [6.07, 6.45) is 10.2. The average molecular weight is 700 g/mol. The molecule has 4 atom stereocenters. The maximum atomic E-state index is 15.2. The van der Waals surface area contributed by atoms with E-state index < -0.39 is 17.5 Å². The van der Waals surface area contributed by atoms with Crippen molar-refractivity contribution in [2.75, 3.05) is 45.2 Å². The number of esters is 1. The summed E-state index contributed by atoms with van der Waals surface area (Å²) < 4.78 is 41.6. The number of likely N-dealkylation sites (tertiary alicyclic amines) is 2. The standard InChI is InChI=1S/C40H47F2N5O4/c1-8-30-33(42)15-13-26-17-29(51-38(49)24(3)4)19-32(36(26)30)25-12-14-31-34(18-25)43-39(50-23-40(5)20-27(41)21-46(40)7)44-37(31)45(6)22-28-11-10-16-47(28)35(48)9-2/h1,9,13,15,17,19,24-25,27-28H,2,10-12,14,16,18,20-23H2,3-7H3/t25-,27+,28-,40-/m0/s1. The Labute approximate surface area is 299 Å². The van der Waals surface area contributed by atoms with Gasteiger partial charge in [0.1, 0.15) is 30.2 Å². The lowest BCUT2D eigenvalue weighted by Gasteiger charge is -2.33. The molecule has 2 fully saturated rings. The number of nitrogens with zero attached hydrogens (tertiary/aromatic N) is 5. The molecule has 1 aliphatic carbocycles. The van der Waals surface area contributed by atoms with E-state index in [4.69, 9.17) is 25.9 Å². The molecule has 270 valence electrons. The SMILES string of the molecule is C#Cc1c(F)ccc2cc(OC(=O)C(C)C)cc([C@H]3CCc4c(nc(OC[C@]5(C)C[C@@H](F)CN5C)nc4N(C)C[C@@H]4CCCN4C(=O)C=C)C3)c12. The quantitative estimate of drug-likeness (QED) is 0.110. The molecule has 0 unspecified atom stereocenters. The average Bonchev–Trinajstić information content (AvgIpc) is 3.67. The third-order valence-corrected chi connectivity index (χ3v) is 10.8. The number of likely N-dealkylation sites (N-methyl/N-ethyl adjacent to an activating group) is 2. The maximum Gasteiger partial charge on any atom is 0.318 e. The summed E-state index contributed by atoms with van der Waals surface area (Å²) in [5.74, 6) is 2.22. The molecule has 0 bridgehead atoms. The zero-order valence-electron chi connectivity index (χ0n) is 30.2. The molecule has 51 heavy (non-hydrogen) atoms. The Bertz CT molecular complexity index is 1890. The number of ether oxygens (including phenoxy) is 2. The molecule has 6 rings (SSSR count). The lowest BCUT2D eigenvalue weighted by atomic mass is 9.79. The normalized spacial score (nSPS) is 23.3. The van der Waals surface area contributed by atoms with Crippen molar-refractivity contribution in [2.24, 2.45) is 5.92 Å². The van der Waals surface area contributed by atoms with E-state index in [1.165, 1.54) is 12.1 Å². The van der Waals surface area contributed by atoms with Crippen molar-refractivity contribution in [2.45, 2.75) is 83.0 Å². The first kappa shape index (κ1) is 36.2. The Morgan fingerprint density at radius 3 is 2.73 bits per heavy atom. The van der Waals surface area contributed by atoms with Gasteiger partial charge in [0.2, 0.25) is 5.91 Å². The van der Waals surface area contributed by atoms with Crippen LogP contribution in [0.4, 0.5) is 14.6 Å². The van der Waals surface area contributed by atoms with Crippen LogP contribution in [0.3, 0.4) is 0 Å². The first-order valence-electron chi connectivity index (χ1n) is 17.8. The number of fused-ring (bicyclic) bond motifs is 2. The van der Waals surface area contributed by atoms with Crippen LogP contribution < -0.4 is 14.4 Å². The van der Waals surface area contributed by atoms with Gasteiger partial charge in [-0.3, -0.25) is 14.5 Å². The van der Waals surface area contributed by atoms with E-state index in [0.29, 0.717) is 61.8 Å². The van der Waals surface area contributed by atoms with Crippen LogP contribution >= 0.6 is 0 Å². The molecular formula is C40H47F2N5O4. The summed E-state index contributed by atoms with van der Waals surface area (Å²) >= 11 is 0. The number of carbonyl (C=O) groups excluding carboxylic acids is 2. The summed E-state index contributed by atoms with van der Waals surface area (Å²) in [5, 5.41) is 1.30. The molecule has 9 nitrogen and oxygen atoms in total. The number of hydrogen-bond acceptors (Lipinski definition) is 8. The molecule has 2 aromatic carbocycles. The number of halogens is 2. The summed E-state index contributed by atoms with van der Waals surface area (Å²) in [7, 11) is 3.86. The fraction of sp³-hybridized carbons (Fsp3) is 0.500. The van der Waals surface area contributed by atoms with Gasteiger partial charge in [0.25, 0.3) is 0 Å². The minimum Gasteiger partial charge on any atom is -0.461 e. The lowest BCUT2D eigenvalue weighted by molar-refractivity contribution is -0.137. The zero-order valence-corrected chi connectivity index (χ0v) is 30.2. The van der Waals surface area contributed by atoms with E-state index in [0.717, 1.165) is 35.5 Å². The third kappa shape index (κ3) is 7.29. The number of hydrogen-bond donors (Lipinski definition) is 0. The molecule has 3 aromatic rings.